The number of unbranched alkanes of at least 4 members (excludes halogenated alkanes) is 1. The molecule has 4 aromatic rings. The Balaban J connectivity index is 1.33. The number of carboxylic acids is 2. The van der Waals surface area contributed by atoms with E-state index in [2.05, 4.69) is 0 Å². The van der Waals surface area contributed by atoms with Crippen LogP contribution in [-0.4, -0.2) is 39.9 Å². The average molecular weight is 560 g/mol. The Hall–Kier alpha value is -4.59. The monoisotopic (exact) mass is 559 g/mol. The van der Waals surface area contributed by atoms with Gasteiger partial charge in [-0.05, 0) is 85.2 Å². The van der Waals surface area contributed by atoms with Crippen molar-refractivity contribution in [1.29, 1.82) is 0 Å². The van der Waals surface area contributed by atoms with Gasteiger partial charge in [-0.25, -0.2) is 4.39 Å². The second kappa shape index (κ2) is 14.2. The third kappa shape index (κ3) is 8.45. The summed E-state index contributed by atoms with van der Waals surface area (Å²) >= 11 is 0. The minimum atomic E-state index is -0.941. The van der Waals surface area contributed by atoms with Crippen molar-refractivity contribution in [2.75, 3.05) is 13.2 Å². The summed E-state index contributed by atoms with van der Waals surface area (Å²) < 4.78 is 26.5. The first-order valence-electron chi connectivity index (χ1n) is 13.6. The molecule has 41 heavy (non-hydrogen) atoms. The van der Waals surface area contributed by atoms with Gasteiger partial charge in [0.25, 0.3) is 0 Å². The van der Waals surface area contributed by atoms with Gasteiger partial charge >= 0.3 is 11.9 Å². The maximum atomic E-state index is 13.2. The molecule has 0 atom stereocenters. The number of nitrogens with zero attached hydrogens (tertiary/aromatic N) is 1. The molecule has 8 heteroatoms. The Morgan fingerprint density at radius 3 is 2.37 bits per heavy atom. The first-order chi connectivity index (χ1) is 19.8. The fourth-order valence-corrected chi connectivity index (χ4v) is 4.71. The summed E-state index contributed by atoms with van der Waals surface area (Å²) in [6.07, 6.45) is 8.49. The van der Waals surface area contributed by atoms with E-state index in [9.17, 15) is 19.1 Å². The molecule has 214 valence electrons. The van der Waals surface area contributed by atoms with Gasteiger partial charge in [-0.2, -0.15) is 0 Å². The third-order valence-electron chi connectivity index (χ3n) is 6.69. The van der Waals surface area contributed by atoms with Crippen molar-refractivity contribution in [2.24, 2.45) is 0 Å². The number of benzene rings is 3. The molecule has 0 aliphatic heterocycles. The van der Waals surface area contributed by atoms with Gasteiger partial charge in [-0.1, -0.05) is 42.5 Å². The Bertz CT molecular complexity index is 1520. The minimum Gasteiger partial charge on any atom is -0.494 e. The van der Waals surface area contributed by atoms with E-state index in [0.717, 1.165) is 51.7 Å². The maximum absolute atomic E-state index is 13.2. The summed E-state index contributed by atoms with van der Waals surface area (Å²) in [6, 6.07) is 18.0. The van der Waals surface area contributed by atoms with Crippen LogP contribution in [-0.2, 0) is 22.6 Å². The Morgan fingerprint density at radius 1 is 0.902 bits per heavy atom. The molecule has 0 spiro atoms. The van der Waals surface area contributed by atoms with Crippen LogP contribution in [0.5, 0.6) is 11.5 Å². The summed E-state index contributed by atoms with van der Waals surface area (Å²) in [5, 5.41) is 19.3. The number of aryl methyl sites for hydroxylation is 2. The highest BCUT2D eigenvalue weighted by molar-refractivity contribution is 5.94. The molecule has 0 radical (unpaired) electrons. The predicted molar refractivity (Wildman–Crippen MR) is 157 cm³/mol. The minimum absolute atomic E-state index is 0.0660. The van der Waals surface area contributed by atoms with Gasteiger partial charge in [0.2, 0.25) is 0 Å². The average Bonchev–Trinajstić information content (AvgIpc) is 3.28. The van der Waals surface area contributed by atoms with Crippen LogP contribution in [0.25, 0.3) is 23.1 Å². The molecule has 7 nitrogen and oxygen atoms in total. The Morgan fingerprint density at radius 2 is 1.66 bits per heavy atom. The van der Waals surface area contributed by atoms with Crippen molar-refractivity contribution < 1.29 is 33.7 Å². The van der Waals surface area contributed by atoms with Gasteiger partial charge in [-0.3, -0.25) is 9.59 Å². The zero-order valence-corrected chi connectivity index (χ0v) is 23.0. The van der Waals surface area contributed by atoms with Gasteiger partial charge in [0.05, 0.1) is 18.7 Å². The van der Waals surface area contributed by atoms with Crippen LogP contribution < -0.4 is 9.47 Å². The molecule has 1 heterocycles. The molecule has 4 rings (SSSR count). The van der Waals surface area contributed by atoms with Gasteiger partial charge in [0.1, 0.15) is 23.9 Å². The quantitative estimate of drug-likeness (QED) is 0.120. The normalized spacial score (nSPS) is 11.3. The lowest BCUT2D eigenvalue weighted by molar-refractivity contribution is -0.138. The molecule has 2 N–H and O–H groups in total. The fourth-order valence-electron chi connectivity index (χ4n) is 4.71. The zero-order chi connectivity index (χ0) is 29.2. The molecule has 0 amide bonds. The SMILES string of the molecule is Cc1cc(F)ccc1OCCCCOc1ccc(/C=C/c2cccc3c(CCCC(=O)O)cn(CC(=O)O)c23)cc1. The number of hydrogen-bond acceptors (Lipinski definition) is 4. The van der Waals surface area contributed by atoms with Gasteiger partial charge < -0.3 is 24.3 Å². The van der Waals surface area contributed by atoms with E-state index >= 15 is 0 Å². The standard InChI is InChI=1S/C33H34FNO6/c1-23-20-27(34)14-17-30(23)41-19-3-2-18-40-28-15-11-24(12-16-28)10-13-25-6-4-8-29-26(7-5-9-31(36)37)21-35(33(25)29)22-32(38)39/h4,6,8,10-17,20-21H,2-3,5,7,9,18-19,22H2,1H3,(H,36,37)(H,38,39)/b13-10+. The smallest absolute Gasteiger partial charge is 0.323 e. The number of ether oxygens (including phenoxy) is 2. The van der Waals surface area contributed by atoms with Crippen LogP contribution in [0.4, 0.5) is 4.39 Å². The van der Waals surface area contributed by atoms with Crippen molar-refractivity contribution in [3.05, 3.63) is 94.9 Å². The van der Waals surface area contributed by atoms with Crippen molar-refractivity contribution in [3.8, 4) is 11.5 Å². The van der Waals surface area contributed by atoms with Crippen LogP contribution in [0.3, 0.4) is 0 Å². The van der Waals surface area contributed by atoms with E-state index in [-0.39, 0.29) is 18.8 Å². The van der Waals surface area contributed by atoms with Gasteiger partial charge in [-0.15, -0.1) is 0 Å². The topological polar surface area (TPSA) is 98.0 Å². The molecular weight excluding hydrogens is 525 g/mol. The molecule has 0 bridgehead atoms. The first-order valence-corrected chi connectivity index (χ1v) is 13.6. The molecule has 0 aliphatic rings. The number of aromatic nitrogens is 1. The lowest BCUT2D eigenvalue weighted by atomic mass is 10.0. The number of para-hydroxylation sites is 1. The molecular formula is C33H34FNO6. The molecule has 3 aromatic carbocycles. The molecule has 0 fully saturated rings. The summed E-state index contributed by atoms with van der Waals surface area (Å²) in [7, 11) is 0. The number of halogens is 1. The van der Waals surface area contributed by atoms with Gasteiger partial charge in [0, 0.05) is 18.0 Å². The van der Waals surface area contributed by atoms with E-state index in [1.54, 1.807) is 10.6 Å². The first kappa shape index (κ1) is 29.4. The van der Waals surface area contributed by atoms with Crippen molar-refractivity contribution in [3.63, 3.8) is 0 Å². The zero-order valence-electron chi connectivity index (χ0n) is 23.0. The number of carboxylic acid groups (broad SMARTS) is 2. The van der Waals surface area contributed by atoms with Gasteiger partial charge in [0.15, 0.2) is 0 Å². The summed E-state index contributed by atoms with van der Waals surface area (Å²) in [4.78, 5) is 22.4. The van der Waals surface area contributed by atoms with E-state index in [4.69, 9.17) is 14.6 Å². The molecule has 0 unspecified atom stereocenters. The summed E-state index contributed by atoms with van der Waals surface area (Å²) in [5.41, 5.74) is 4.38. The number of fused-ring (bicyclic) bond motifs is 1. The number of aliphatic carboxylic acids is 2. The maximum Gasteiger partial charge on any atom is 0.323 e. The van der Waals surface area contributed by atoms with E-state index in [0.29, 0.717) is 31.8 Å². The highest BCUT2D eigenvalue weighted by atomic mass is 19.1. The number of hydrogen-bond donors (Lipinski definition) is 2. The predicted octanol–water partition coefficient (Wildman–Crippen LogP) is 6.99. The van der Waals surface area contributed by atoms with Crippen molar-refractivity contribution in [2.45, 2.75) is 45.6 Å². The summed E-state index contributed by atoms with van der Waals surface area (Å²) in [5.74, 6) is -0.598. The second-order valence-corrected chi connectivity index (χ2v) is 9.88. The molecule has 1 aromatic heterocycles. The third-order valence-corrected chi connectivity index (χ3v) is 6.69. The van der Waals surface area contributed by atoms with Crippen LogP contribution >= 0.6 is 0 Å². The molecule has 0 aliphatic carbocycles. The molecule has 0 saturated carbocycles. The lowest BCUT2D eigenvalue weighted by Gasteiger charge is -2.10. The van der Waals surface area contributed by atoms with E-state index in [1.165, 1.54) is 12.1 Å². The lowest BCUT2D eigenvalue weighted by Crippen LogP contribution is -2.07. The second-order valence-electron chi connectivity index (χ2n) is 9.88. The van der Waals surface area contributed by atoms with Crippen LogP contribution in [0, 0.1) is 12.7 Å². The van der Waals surface area contributed by atoms with E-state index < -0.39 is 11.9 Å². The van der Waals surface area contributed by atoms with Crippen LogP contribution in [0.15, 0.2) is 66.9 Å². The van der Waals surface area contributed by atoms with E-state index in [1.807, 2.05) is 67.7 Å². The van der Waals surface area contributed by atoms with Crippen LogP contribution in [0.2, 0.25) is 0 Å². The van der Waals surface area contributed by atoms with Crippen molar-refractivity contribution in [1.82, 2.24) is 4.57 Å². The Kier molecular flexibility index (Phi) is 10.2. The number of rotatable bonds is 15. The number of carbonyl (C=O) groups is 2. The fraction of sp³-hybridized carbons (Fsp3) is 0.273. The van der Waals surface area contributed by atoms with Crippen LogP contribution in [0.1, 0.15) is 47.9 Å². The van der Waals surface area contributed by atoms with Crippen molar-refractivity contribution >= 4 is 35.0 Å². The largest absolute Gasteiger partial charge is 0.494 e. The highest BCUT2D eigenvalue weighted by Crippen LogP contribution is 2.28. The molecule has 0 saturated heterocycles. The highest BCUT2D eigenvalue weighted by Gasteiger charge is 2.13. The summed E-state index contributed by atoms with van der Waals surface area (Å²) in [6.45, 7) is 2.73. The Labute approximate surface area is 238 Å².